The van der Waals surface area contributed by atoms with Crippen LogP contribution in [0.2, 0.25) is 0 Å². The number of phenols is 1. The van der Waals surface area contributed by atoms with E-state index >= 15 is 0 Å². The molecule has 0 heterocycles. The summed E-state index contributed by atoms with van der Waals surface area (Å²) in [5.74, 6) is -0.726. The summed E-state index contributed by atoms with van der Waals surface area (Å²) in [7, 11) is 0. The maximum atomic E-state index is 10.8. The molecular formula is C12H15BrO3. The first-order chi connectivity index (χ1) is 7.25. The van der Waals surface area contributed by atoms with Crippen molar-refractivity contribution in [1.29, 1.82) is 0 Å². The highest BCUT2D eigenvalue weighted by Crippen LogP contribution is 2.38. The Balaban J connectivity index is 3.31. The molecule has 0 aromatic heterocycles. The number of rotatable bonds is 3. The normalized spacial score (nSPS) is 11.5. The van der Waals surface area contributed by atoms with E-state index in [1.165, 1.54) is 0 Å². The van der Waals surface area contributed by atoms with Gasteiger partial charge in [0.25, 0.3) is 0 Å². The Labute approximate surface area is 103 Å². The summed E-state index contributed by atoms with van der Waals surface area (Å²) in [6.07, 6.45) is -0.0160. The van der Waals surface area contributed by atoms with E-state index in [0.29, 0.717) is 5.56 Å². The molecule has 0 saturated carbocycles. The van der Waals surface area contributed by atoms with Gasteiger partial charge in [-0.2, -0.15) is 0 Å². The summed E-state index contributed by atoms with van der Waals surface area (Å²) in [4.78, 5) is 10.8. The molecule has 88 valence electrons. The number of hydrogen-bond acceptors (Lipinski definition) is 2. The van der Waals surface area contributed by atoms with Crippen LogP contribution in [0.25, 0.3) is 0 Å². The fraction of sp³-hybridized carbons (Fsp3) is 0.417. The van der Waals surface area contributed by atoms with Gasteiger partial charge in [-0.15, -0.1) is 0 Å². The number of aromatic hydroxyl groups is 1. The van der Waals surface area contributed by atoms with Gasteiger partial charge in [0.05, 0.1) is 6.42 Å². The number of benzene rings is 1. The van der Waals surface area contributed by atoms with E-state index in [1.807, 2.05) is 20.8 Å². The van der Waals surface area contributed by atoms with Crippen LogP contribution < -0.4 is 0 Å². The van der Waals surface area contributed by atoms with Gasteiger partial charge in [-0.3, -0.25) is 4.79 Å². The van der Waals surface area contributed by atoms with Crippen molar-refractivity contribution in [3.63, 3.8) is 0 Å². The minimum Gasteiger partial charge on any atom is -0.508 e. The van der Waals surface area contributed by atoms with E-state index in [0.717, 1.165) is 10.0 Å². The van der Waals surface area contributed by atoms with E-state index < -0.39 is 11.4 Å². The third-order valence-electron chi connectivity index (χ3n) is 2.65. The van der Waals surface area contributed by atoms with Crippen LogP contribution in [0.1, 0.15) is 31.4 Å². The maximum Gasteiger partial charge on any atom is 0.304 e. The topological polar surface area (TPSA) is 57.5 Å². The summed E-state index contributed by atoms with van der Waals surface area (Å²) < 4.78 is 0.874. The van der Waals surface area contributed by atoms with Crippen molar-refractivity contribution in [3.8, 4) is 5.75 Å². The molecule has 0 fully saturated rings. The lowest BCUT2D eigenvalue weighted by Gasteiger charge is -2.26. The molecule has 0 spiro atoms. The van der Waals surface area contributed by atoms with Gasteiger partial charge in [0.15, 0.2) is 0 Å². The van der Waals surface area contributed by atoms with Gasteiger partial charge >= 0.3 is 5.97 Å². The molecule has 0 aliphatic rings. The van der Waals surface area contributed by atoms with Crippen molar-refractivity contribution in [1.82, 2.24) is 0 Å². The Hall–Kier alpha value is -1.03. The van der Waals surface area contributed by atoms with Crippen molar-refractivity contribution < 1.29 is 15.0 Å². The lowest BCUT2D eigenvalue weighted by molar-refractivity contribution is -0.138. The van der Waals surface area contributed by atoms with Crippen molar-refractivity contribution >= 4 is 21.9 Å². The summed E-state index contributed by atoms with van der Waals surface area (Å²) in [5, 5.41) is 18.7. The first-order valence-electron chi connectivity index (χ1n) is 4.96. The third-order valence-corrected chi connectivity index (χ3v) is 3.51. The van der Waals surface area contributed by atoms with Gasteiger partial charge in [-0.1, -0.05) is 29.8 Å². The van der Waals surface area contributed by atoms with Crippen LogP contribution in [0, 0.1) is 6.92 Å². The zero-order valence-electron chi connectivity index (χ0n) is 9.54. The van der Waals surface area contributed by atoms with E-state index in [9.17, 15) is 9.90 Å². The number of halogens is 1. The Morgan fingerprint density at radius 1 is 1.44 bits per heavy atom. The zero-order chi connectivity index (χ0) is 12.5. The second-order valence-electron chi connectivity index (χ2n) is 4.52. The quantitative estimate of drug-likeness (QED) is 0.897. The van der Waals surface area contributed by atoms with Crippen molar-refractivity contribution in [2.45, 2.75) is 32.6 Å². The molecule has 0 aliphatic carbocycles. The predicted molar refractivity (Wildman–Crippen MR) is 65.8 cm³/mol. The van der Waals surface area contributed by atoms with E-state index in [4.69, 9.17) is 5.11 Å². The fourth-order valence-electron chi connectivity index (χ4n) is 1.99. The average Bonchev–Trinajstić information content (AvgIpc) is 2.09. The summed E-state index contributed by atoms with van der Waals surface area (Å²) in [6.45, 7) is 5.49. The van der Waals surface area contributed by atoms with Gasteiger partial charge < -0.3 is 10.2 Å². The SMILES string of the molecule is Cc1c(Br)ccc(O)c1C(C)(C)CC(=O)O. The molecule has 1 aromatic carbocycles. The molecule has 4 heteroatoms. The van der Waals surface area contributed by atoms with Crippen molar-refractivity contribution in [2.75, 3.05) is 0 Å². The number of hydrogen-bond donors (Lipinski definition) is 2. The molecule has 0 saturated heterocycles. The van der Waals surface area contributed by atoms with E-state index in [1.54, 1.807) is 12.1 Å². The van der Waals surface area contributed by atoms with Crippen LogP contribution in [0.15, 0.2) is 16.6 Å². The number of carbonyl (C=O) groups is 1. The maximum absolute atomic E-state index is 10.8. The van der Waals surface area contributed by atoms with Crippen LogP contribution in [0.5, 0.6) is 5.75 Å². The van der Waals surface area contributed by atoms with E-state index in [-0.39, 0.29) is 12.2 Å². The van der Waals surface area contributed by atoms with Crippen molar-refractivity contribution in [2.24, 2.45) is 0 Å². The van der Waals surface area contributed by atoms with Crippen LogP contribution >= 0.6 is 15.9 Å². The van der Waals surface area contributed by atoms with Gasteiger partial charge in [0.2, 0.25) is 0 Å². The first-order valence-corrected chi connectivity index (χ1v) is 5.75. The molecule has 1 rings (SSSR count). The van der Waals surface area contributed by atoms with Crippen LogP contribution in [0.4, 0.5) is 0 Å². The molecule has 16 heavy (non-hydrogen) atoms. The van der Waals surface area contributed by atoms with Gasteiger partial charge in [0, 0.05) is 15.5 Å². The molecule has 0 aliphatic heterocycles. The Morgan fingerprint density at radius 3 is 2.50 bits per heavy atom. The smallest absolute Gasteiger partial charge is 0.304 e. The Kier molecular flexibility index (Phi) is 3.63. The minimum absolute atomic E-state index is 0.0160. The average molecular weight is 287 g/mol. The van der Waals surface area contributed by atoms with Crippen LogP contribution in [-0.2, 0) is 10.2 Å². The summed E-state index contributed by atoms with van der Waals surface area (Å²) in [5.41, 5.74) is 0.972. The van der Waals surface area contributed by atoms with Gasteiger partial charge in [-0.25, -0.2) is 0 Å². The second kappa shape index (κ2) is 4.45. The molecule has 2 N–H and O–H groups in total. The zero-order valence-corrected chi connectivity index (χ0v) is 11.1. The van der Waals surface area contributed by atoms with Gasteiger partial charge in [-0.05, 0) is 24.6 Å². The molecule has 1 aromatic rings. The third kappa shape index (κ3) is 2.55. The minimum atomic E-state index is -0.872. The highest BCUT2D eigenvalue weighted by Gasteiger charge is 2.29. The predicted octanol–water partition coefficient (Wildman–Crippen LogP) is 3.22. The van der Waals surface area contributed by atoms with Crippen molar-refractivity contribution in [3.05, 3.63) is 27.7 Å². The molecule has 0 bridgehead atoms. The Morgan fingerprint density at radius 2 is 2.00 bits per heavy atom. The molecule has 0 radical (unpaired) electrons. The molecule has 0 amide bonds. The molecule has 0 unspecified atom stereocenters. The fourth-order valence-corrected chi connectivity index (χ4v) is 2.32. The molecular weight excluding hydrogens is 272 g/mol. The van der Waals surface area contributed by atoms with Crippen LogP contribution in [0.3, 0.4) is 0 Å². The second-order valence-corrected chi connectivity index (χ2v) is 5.38. The Bertz CT molecular complexity index is 425. The number of carboxylic acid groups (broad SMARTS) is 1. The number of carboxylic acids is 1. The first kappa shape index (κ1) is 13.0. The molecule has 3 nitrogen and oxygen atoms in total. The summed E-state index contributed by atoms with van der Waals surface area (Å²) >= 11 is 3.38. The molecule has 0 atom stereocenters. The lowest BCUT2D eigenvalue weighted by Crippen LogP contribution is -2.23. The van der Waals surface area contributed by atoms with E-state index in [2.05, 4.69) is 15.9 Å². The highest BCUT2D eigenvalue weighted by atomic mass is 79.9. The monoisotopic (exact) mass is 286 g/mol. The number of phenolic OH excluding ortho intramolecular Hbond substituents is 1. The number of aliphatic carboxylic acids is 1. The standard InChI is InChI=1S/C12H15BrO3/c1-7-8(13)4-5-9(14)11(7)12(2,3)6-10(15)16/h4-5,14H,6H2,1-3H3,(H,15,16). The highest BCUT2D eigenvalue weighted by molar-refractivity contribution is 9.10. The lowest BCUT2D eigenvalue weighted by atomic mass is 9.79. The largest absolute Gasteiger partial charge is 0.508 e. The van der Waals surface area contributed by atoms with Gasteiger partial charge in [0.1, 0.15) is 5.75 Å². The summed E-state index contributed by atoms with van der Waals surface area (Å²) in [6, 6.07) is 3.33. The van der Waals surface area contributed by atoms with Crippen LogP contribution in [-0.4, -0.2) is 16.2 Å².